The van der Waals surface area contributed by atoms with E-state index in [2.05, 4.69) is 0 Å². The first-order chi connectivity index (χ1) is 15.1. The molecule has 0 aliphatic rings. The lowest BCUT2D eigenvalue weighted by Crippen LogP contribution is -2.16. The van der Waals surface area contributed by atoms with E-state index in [4.69, 9.17) is 14.2 Å². The van der Waals surface area contributed by atoms with Crippen molar-refractivity contribution in [3.8, 4) is 11.5 Å². The highest BCUT2D eigenvalue weighted by molar-refractivity contribution is 6.26. The van der Waals surface area contributed by atoms with E-state index in [1.807, 2.05) is 36.4 Å². The number of hydrogen-bond acceptors (Lipinski definition) is 5. The summed E-state index contributed by atoms with van der Waals surface area (Å²) in [5.41, 5.74) is 2.02. The third-order valence-electron chi connectivity index (χ3n) is 4.51. The number of rotatable bonds is 9. The number of benzene rings is 3. The van der Waals surface area contributed by atoms with Gasteiger partial charge in [0.1, 0.15) is 12.2 Å². The van der Waals surface area contributed by atoms with Crippen LogP contribution in [0.15, 0.2) is 84.4 Å². The molecule has 0 spiro atoms. The summed E-state index contributed by atoms with van der Waals surface area (Å²) >= 11 is 0. The summed E-state index contributed by atoms with van der Waals surface area (Å²) in [6.07, 6.45) is 1.51. The first kappa shape index (κ1) is 21.8. The molecule has 0 atom stereocenters. The molecule has 0 amide bonds. The van der Waals surface area contributed by atoms with E-state index >= 15 is 0 Å². The van der Waals surface area contributed by atoms with Gasteiger partial charge in [-0.3, -0.25) is 4.79 Å². The molecule has 0 aliphatic heterocycles. The second-order valence-corrected chi connectivity index (χ2v) is 6.66. The number of Topliss-reactive ketones (excluding diaryl/α,β-unsaturated/α-hetero) is 1. The number of methoxy groups -OCH3 is 1. The molecule has 0 saturated heterocycles. The smallest absolute Gasteiger partial charge is 0.342 e. The Hall–Kier alpha value is -3.86. The van der Waals surface area contributed by atoms with Gasteiger partial charge < -0.3 is 14.2 Å². The monoisotopic (exact) mass is 416 g/mol. The van der Waals surface area contributed by atoms with Crippen LogP contribution in [0, 0.1) is 0 Å². The first-order valence-corrected chi connectivity index (χ1v) is 9.95. The molecule has 0 aliphatic carbocycles. The highest BCUT2D eigenvalue weighted by atomic mass is 16.5. The Labute approximate surface area is 181 Å². The molecule has 0 radical (unpaired) electrons. The van der Waals surface area contributed by atoms with Gasteiger partial charge >= 0.3 is 5.97 Å². The SMILES string of the molecule is CCOC(=O)/C(=C\c1ccc(OCc2ccccc2)c(OC)c1)C(=O)c1ccccc1. The summed E-state index contributed by atoms with van der Waals surface area (Å²) in [5, 5.41) is 0. The van der Waals surface area contributed by atoms with Crippen LogP contribution in [0.4, 0.5) is 0 Å². The van der Waals surface area contributed by atoms with Crippen LogP contribution in [0.25, 0.3) is 6.08 Å². The van der Waals surface area contributed by atoms with Crippen molar-refractivity contribution in [2.24, 2.45) is 0 Å². The minimum Gasteiger partial charge on any atom is -0.493 e. The normalized spacial score (nSPS) is 11.0. The van der Waals surface area contributed by atoms with E-state index in [1.165, 1.54) is 6.08 Å². The fourth-order valence-electron chi connectivity index (χ4n) is 2.97. The fraction of sp³-hybridized carbons (Fsp3) is 0.154. The van der Waals surface area contributed by atoms with Crippen molar-refractivity contribution in [1.82, 2.24) is 0 Å². The van der Waals surface area contributed by atoms with Crippen molar-refractivity contribution >= 4 is 17.8 Å². The van der Waals surface area contributed by atoms with Gasteiger partial charge in [0.25, 0.3) is 0 Å². The molecule has 0 N–H and O–H groups in total. The number of carbonyl (C=O) groups is 2. The van der Waals surface area contributed by atoms with Crippen LogP contribution in [0.1, 0.15) is 28.4 Å². The van der Waals surface area contributed by atoms with Crippen LogP contribution in [0.5, 0.6) is 11.5 Å². The van der Waals surface area contributed by atoms with Gasteiger partial charge in [-0.05, 0) is 36.3 Å². The lowest BCUT2D eigenvalue weighted by Gasteiger charge is -2.12. The van der Waals surface area contributed by atoms with Gasteiger partial charge in [-0.15, -0.1) is 0 Å². The number of carbonyl (C=O) groups excluding carboxylic acids is 2. The van der Waals surface area contributed by atoms with Crippen molar-refractivity contribution in [3.63, 3.8) is 0 Å². The molecule has 0 saturated carbocycles. The van der Waals surface area contributed by atoms with Gasteiger partial charge in [0.15, 0.2) is 17.3 Å². The van der Waals surface area contributed by atoms with Crippen molar-refractivity contribution in [2.75, 3.05) is 13.7 Å². The molecule has 31 heavy (non-hydrogen) atoms. The maximum atomic E-state index is 12.9. The molecular formula is C26H24O5. The van der Waals surface area contributed by atoms with E-state index in [-0.39, 0.29) is 12.2 Å². The van der Waals surface area contributed by atoms with Crippen molar-refractivity contribution < 1.29 is 23.8 Å². The summed E-state index contributed by atoms with van der Waals surface area (Å²) in [6.45, 7) is 2.27. The summed E-state index contributed by atoms with van der Waals surface area (Å²) in [4.78, 5) is 25.4. The molecule has 0 aromatic heterocycles. The third-order valence-corrected chi connectivity index (χ3v) is 4.51. The molecular weight excluding hydrogens is 392 g/mol. The number of esters is 1. The van der Waals surface area contributed by atoms with Gasteiger partial charge in [0.2, 0.25) is 0 Å². The van der Waals surface area contributed by atoms with Crippen molar-refractivity contribution in [1.29, 1.82) is 0 Å². The standard InChI is InChI=1S/C26H24O5/c1-3-30-26(28)22(25(27)21-12-8-5-9-13-21)16-20-14-15-23(24(17-20)29-2)31-18-19-10-6-4-7-11-19/h4-17H,3,18H2,1-2H3/b22-16-. The van der Waals surface area contributed by atoms with Gasteiger partial charge in [-0.2, -0.15) is 0 Å². The minimum atomic E-state index is -0.667. The average Bonchev–Trinajstić information content (AvgIpc) is 2.82. The zero-order valence-electron chi connectivity index (χ0n) is 17.5. The van der Waals surface area contributed by atoms with Crippen LogP contribution in [0.2, 0.25) is 0 Å². The maximum Gasteiger partial charge on any atom is 0.342 e. The van der Waals surface area contributed by atoms with Gasteiger partial charge in [-0.1, -0.05) is 66.7 Å². The fourth-order valence-corrected chi connectivity index (χ4v) is 2.97. The Morgan fingerprint density at radius 3 is 2.19 bits per heavy atom. The summed E-state index contributed by atoms with van der Waals surface area (Å²) in [6, 6.07) is 23.7. The van der Waals surface area contributed by atoms with Gasteiger partial charge in [0.05, 0.1) is 13.7 Å². The Morgan fingerprint density at radius 2 is 1.55 bits per heavy atom. The zero-order chi connectivity index (χ0) is 22.1. The van der Waals surface area contributed by atoms with E-state index < -0.39 is 11.8 Å². The highest BCUT2D eigenvalue weighted by Crippen LogP contribution is 2.30. The largest absolute Gasteiger partial charge is 0.493 e. The maximum absolute atomic E-state index is 12.9. The molecule has 3 aromatic carbocycles. The zero-order valence-corrected chi connectivity index (χ0v) is 17.5. The van der Waals surface area contributed by atoms with Gasteiger partial charge in [-0.25, -0.2) is 4.79 Å². The average molecular weight is 416 g/mol. The summed E-state index contributed by atoms with van der Waals surface area (Å²) < 4.78 is 16.4. The van der Waals surface area contributed by atoms with Crippen LogP contribution in [-0.4, -0.2) is 25.5 Å². The second-order valence-electron chi connectivity index (χ2n) is 6.66. The van der Waals surface area contributed by atoms with Crippen molar-refractivity contribution in [3.05, 3.63) is 101 Å². The molecule has 0 bridgehead atoms. The molecule has 5 heteroatoms. The van der Waals surface area contributed by atoms with Crippen LogP contribution in [-0.2, 0) is 16.1 Å². The Bertz CT molecular complexity index is 1060. The number of hydrogen-bond donors (Lipinski definition) is 0. The summed E-state index contributed by atoms with van der Waals surface area (Å²) in [7, 11) is 1.54. The summed E-state index contributed by atoms with van der Waals surface area (Å²) in [5.74, 6) is -0.00207. The topological polar surface area (TPSA) is 61.8 Å². The molecule has 158 valence electrons. The molecule has 0 unspecified atom stereocenters. The quantitative estimate of drug-likeness (QED) is 0.160. The Balaban J connectivity index is 1.88. The lowest BCUT2D eigenvalue weighted by atomic mass is 10.0. The second kappa shape index (κ2) is 10.8. The van der Waals surface area contributed by atoms with E-state index in [9.17, 15) is 9.59 Å². The predicted molar refractivity (Wildman–Crippen MR) is 119 cm³/mol. The molecule has 3 aromatic rings. The minimum absolute atomic E-state index is 0.0481. The molecule has 5 nitrogen and oxygen atoms in total. The first-order valence-electron chi connectivity index (χ1n) is 9.95. The Kier molecular flexibility index (Phi) is 7.60. The number of ketones is 1. The van der Waals surface area contributed by atoms with E-state index in [0.717, 1.165) is 5.56 Å². The van der Waals surface area contributed by atoms with Crippen LogP contribution >= 0.6 is 0 Å². The van der Waals surface area contributed by atoms with Crippen LogP contribution < -0.4 is 9.47 Å². The van der Waals surface area contributed by atoms with Crippen LogP contribution in [0.3, 0.4) is 0 Å². The molecule has 0 heterocycles. The molecule has 3 rings (SSSR count). The van der Waals surface area contributed by atoms with Gasteiger partial charge in [0, 0.05) is 5.56 Å². The molecule has 0 fully saturated rings. The van der Waals surface area contributed by atoms with Crippen molar-refractivity contribution in [2.45, 2.75) is 13.5 Å². The number of ether oxygens (including phenoxy) is 3. The highest BCUT2D eigenvalue weighted by Gasteiger charge is 2.21. The predicted octanol–water partition coefficient (Wildman–Crippen LogP) is 5.10. The van der Waals surface area contributed by atoms with E-state index in [0.29, 0.717) is 29.2 Å². The van der Waals surface area contributed by atoms with E-state index in [1.54, 1.807) is 56.5 Å². The third kappa shape index (κ3) is 5.82. The Morgan fingerprint density at radius 1 is 0.871 bits per heavy atom. The lowest BCUT2D eigenvalue weighted by molar-refractivity contribution is -0.137.